The Bertz CT molecular complexity index is 511. The summed E-state index contributed by atoms with van der Waals surface area (Å²) in [5.41, 5.74) is 1.37. The molecule has 0 bridgehead atoms. The summed E-state index contributed by atoms with van der Waals surface area (Å²) in [6.45, 7) is 6.93. The van der Waals surface area contributed by atoms with E-state index in [0.717, 1.165) is 19.4 Å². The number of nitrogens with one attached hydrogen (secondary N) is 1. The van der Waals surface area contributed by atoms with Crippen LogP contribution in [0.25, 0.3) is 10.8 Å². The van der Waals surface area contributed by atoms with Crippen molar-refractivity contribution >= 4 is 10.8 Å². The molecule has 0 amide bonds. The number of fused-ring (bicyclic) bond motifs is 1. The van der Waals surface area contributed by atoms with E-state index in [9.17, 15) is 0 Å². The molecule has 2 aromatic rings. The smallest absolute Gasteiger partial charge is 0.0214 e. The lowest BCUT2D eigenvalue weighted by Crippen LogP contribution is -2.25. The second-order valence-electron chi connectivity index (χ2n) is 4.79. The number of hydrogen-bond acceptors (Lipinski definition) is 1. The second kappa shape index (κ2) is 6.36. The summed E-state index contributed by atoms with van der Waals surface area (Å²) < 4.78 is 0. The molecule has 18 heavy (non-hydrogen) atoms. The summed E-state index contributed by atoms with van der Waals surface area (Å²) in [7, 11) is 0. The Labute approximate surface area is 110 Å². The highest BCUT2D eigenvalue weighted by atomic mass is 14.9. The SMILES string of the molecule is C=CCCC(C)NCc1cccc2ccccc12. The van der Waals surface area contributed by atoms with Crippen molar-refractivity contribution in [1.29, 1.82) is 0 Å². The Morgan fingerprint density at radius 2 is 1.94 bits per heavy atom. The predicted octanol–water partition coefficient (Wildman–Crippen LogP) is 4.28. The predicted molar refractivity (Wildman–Crippen MR) is 79.7 cm³/mol. The summed E-state index contributed by atoms with van der Waals surface area (Å²) >= 11 is 0. The van der Waals surface area contributed by atoms with E-state index in [4.69, 9.17) is 0 Å². The Kier molecular flexibility index (Phi) is 4.54. The van der Waals surface area contributed by atoms with Gasteiger partial charge in [-0.25, -0.2) is 0 Å². The number of rotatable bonds is 6. The van der Waals surface area contributed by atoms with Gasteiger partial charge >= 0.3 is 0 Å². The van der Waals surface area contributed by atoms with Crippen molar-refractivity contribution in [1.82, 2.24) is 5.32 Å². The third-order valence-electron chi connectivity index (χ3n) is 3.32. The zero-order chi connectivity index (χ0) is 12.8. The molecule has 0 aromatic heterocycles. The zero-order valence-electron chi connectivity index (χ0n) is 11.0. The molecule has 0 radical (unpaired) electrons. The summed E-state index contributed by atoms with van der Waals surface area (Å²) in [5.74, 6) is 0. The molecule has 1 unspecified atom stereocenters. The molecule has 2 aromatic carbocycles. The molecule has 0 aliphatic heterocycles. The van der Waals surface area contributed by atoms with Gasteiger partial charge in [0.05, 0.1) is 0 Å². The van der Waals surface area contributed by atoms with Crippen molar-refractivity contribution in [2.24, 2.45) is 0 Å². The topological polar surface area (TPSA) is 12.0 Å². The minimum Gasteiger partial charge on any atom is -0.310 e. The van der Waals surface area contributed by atoms with E-state index < -0.39 is 0 Å². The first-order valence-corrected chi connectivity index (χ1v) is 6.62. The normalized spacial score (nSPS) is 12.5. The van der Waals surface area contributed by atoms with E-state index in [2.05, 4.69) is 61.3 Å². The van der Waals surface area contributed by atoms with Crippen LogP contribution in [0.4, 0.5) is 0 Å². The van der Waals surface area contributed by atoms with Crippen molar-refractivity contribution in [3.05, 3.63) is 60.7 Å². The highest BCUT2D eigenvalue weighted by molar-refractivity contribution is 5.85. The van der Waals surface area contributed by atoms with Crippen LogP contribution in [-0.2, 0) is 6.54 Å². The summed E-state index contributed by atoms with van der Waals surface area (Å²) in [6.07, 6.45) is 4.20. The second-order valence-corrected chi connectivity index (χ2v) is 4.79. The fourth-order valence-corrected chi connectivity index (χ4v) is 2.20. The highest BCUT2D eigenvalue weighted by Gasteiger charge is 2.03. The lowest BCUT2D eigenvalue weighted by Gasteiger charge is -2.14. The number of benzene rings is 2. The lowest BCUT2D eigenvalue weighted by atomic mass is 10.0. The van der Waals surface area contributed by atoms with E-state index in [1.807, 2.05) is 6.08 Å². The first-order chi connectivity index (χ1) is 8.81. The standard InChI is InChI=1S/C17H21N/c1-3-4-8-14(2)18-13-16-11-7-10-15-9-5-6-12-17(15)16/h3,5-7,9-12,14,18H,1,4,8,13H2,2H3. The monoisotopic (exact) mass is 239 g/mol. The van der Waals surface area contributed by atoms with Gasteiger partial charge in [-0.1, -0.05) is 48.5 Å². The molecule has 2 rings (SSSR count). The first-order valence-electron chi connectivity index (χ1n) is 6.62. The summed E-state index contributed by atoms with van der Waals surface area (Å²) in [4.78, 5) is 0. The van der Waals surface area contributed by atoms with Gasteiger partial charge in [-0.15, -0.1) is 6.58 Å². The molecular weight excluding hydrogens is 218 g/mol. The quantitative estimate of drug-likeness (QED) is 0.742. The van der Waals surface area contributed by atoms with Gasteiger partial charge in [0.1, 0.15) is 0 Å². The van der Waals surface area contributed by atoms with Gasteiger partial charge in [-0.3, -0.25) is 0 Å². The molecule has 0 fully saturated rings. The zero-order valence-corrected chi connectivity index (χ0v) is 11.0. The summed E-state index contributed by atoms with van der Waals surface area (Å²) in [6, 6.07) is 15.6. The first kappa shape index (κ1) is 12.8. The van der Waals surface area contributed by atoms with Crippen molar-refractivity contribution in [2.45, 2.75) is 32.4 Å². The Hall–Kier alpha value is -1.60. The average molecular weight is 239 g/mol. The molecule has 0 saturated carbocycles. The molecule has 1 nitrogen and oxygen atoms in total. The number of allylic oxidation sites excluding steroid dienone is 1. The van der Waals surface area contributed by atoms with Crippen molar-refractivity contribution in [3.8, 4) is 0 Å². The van der Waals surface area contributed by atoms with Gasteiger partial charge in [0.25, 0.3) is 0 Å². The third-order valence-corrected chi connectivity index (χ3v) is 3.32. The molecule has 0 aliphatic carbocycles. The molecule has 0 heterocycles. The van der Waals surface area contributed by atoms with Crippen molar-refractivity contribution in [2.75, 3.05) is 0 Å². The van der Waals surface area contributed by atoms with Crippen LogP contribution in [0.5, 0.6) is 0 Å². The molecule has 0 spiro atoms. The molecule has 1 heteroatoms. The van der Waals surface area contributed by atoms with Crippen LogP contribution in [0.1, 0.15) is 25.3 Å². The van der Waals surface area contributed by atoms with Gasteiger partial charge < -0.3 is 5.32 Å². The molecule has 1 atom stereocenters. The summed E-state index contributed by atoms with van der Waals surface area (Å²) in [5, 5.41) is 6.24. The van der Waals surface area contributed by atoms with Crippen molar-refractivity contribution in [3.63, 3.8) is 0 Å². The maximum Gasteiger partial charge on any atom is 0.0214 e. The Morgan fingerprint density at radius 3 is 2.78 bits per heavy atom. The fraction of sp³-hybridized carbons (Fsp3) is 0.294. The number of hydrogen-bond donors (Lipinski definition) is 1. The van der Waals surface area contributed by atoms with Crippen LogP contribution in [0.15, 0.2) is 55.1 Å². The van der Waals surface area contributed by atoms with Gasteiger partial charge in [-0.2, -0.15) is 0 Å². The van der Waals surface area contributed by atoms with Crippen LogP contribution in [0.2, 0.25) is 0 Å². The average Bonchev–Trinajstić information content (AvgIpc) is 2.42. The van der Waals surface area contributed by atoms with Crippen LogP contribution < -0.4 is 5.32 Å². The minimum atomic E-state index is 0.530. The maximum absolute atomic E-state index is 3.76. The fourth-order valence-electron chi connectivity index (χ4n) is 2.20. The van der Waals surface area contributed by atoms with Gasteiger partial charge in [0, 0.05) is 12.6 Å². The Morgan fingerprint density at radius 1 is 1.17 bits per heavy atom. The molecule has 0 aliphatic rings. The maximum atomic E-state index is 3.76. The molecular formula is C17H21N. The van der Waals surface area contributed by atoms with Gasteiger partial charge in [0.2, 0.25) is 0 Å². The van der Waals surface area contributed by atoms with E-state index in [0.29, 0.717) is 6.04 Å². The van der Waals surface area contributed by atoms with Crippen molar-refractivity contribution < 1.29 is 0 Å². The van der Waals surface area contributed by atoms with Crippen LogP contribution in [0.3, 0.4) is 0 Å². The van der Waals surface area contributed by atoms with Gasteiger partial charge in [-0.05, 0) is 36.1 Å². The van der Waals surface area contributed by atoms with Crippen LogP contribution in [-0.4, -0.2) is 6.04 Å². The van der Waals surface area contributed by atoms with Gasteiger partial charge in [0.15, 0.2) is 0 Å². The molecule has 94 valence electrons. The largest absolute Gasteiger partial charge is 0.310 e. The van der Waals surface area contributed by atoms with Crippen LogP contribution in [0, 0.1) is 0 Å². The lowest BCUT2D eigenvalue weighted by molar-refractivity contribution is 0.519. The minimum absolute atomic E-state index is 0.530. The third kappa shape index (κ3) is 3.21. The van der Waals surface area contributed by atoms with E-state index in [1.54, 1.807) is 0 Å². The van der Waals surface area contributed by atoms with E-state index in [1.165, 1.54) is 16.3 Å². The molecule has 0 saturated heterocycles. The van der Waals surface area contributed by atoms with E-state index >= 15 is 0 Å². The molecule has 1 N–H and O–H groups in total. The van der Waals surface area contributed by atoms with Crippen LogP contribution >= 0.6 is 0 Å². The Balaban J connectivity index is 2.05. The van der Waals surface area contributed by atoms with E-state index in [-0.39, 0.29) is 0 Å². The highest BCUT2D eigenvalue weighted by Crippen LogP contribution is 2.18.